The van der Waals surface area contributed by atoms with Crippen molar-refractivity contribution in [1.29, 1.82) is 0 Å². The number of nitrogens with two attached hydrogens (primary N) is 1. The van der Waals surface area contributed by atoms with Crippen LogP contribution in [0.5, 0.6) is 0 Å². The Labute approximate surface area is 109 Å². The van der Waals surface area contributed by atoms with E-state index in [-0.39, 0.29) is 12.5 Å². The summed E-state index contributed by atoms with van der Waals surface area (Å²) >= 11 is 1.31. The first-order valence-corrected chi connectivity index (χ1v) is 6.37. The summed E-state index contributed by atoms with van der Waals surface area (Å²) in [5.74, 6) is 0.299. The van der Waals surface area contributed by atoms with E-state index >= 15 is 0 Å². The van der Waals surface area contributed by atoms with E-state index in [1.807, 2.05) is 30.3 Å². The Morgan fingerprint density at radius 1 is 1.33 bits per heavy atom. The van der Waals surface area contributed by atoms with Crippen molar-refractivity contribution in [2.24, 2.45) is 0 Å². The fourth-order valence-electron chi connectivity index (χ4n) is 1.42. The van der Waals surface area contributed by atoms with Gasteiger partial charge in [-0.3, -0.25) is 4.79 Å². The minimum absolute atomic E-state index is 0.125. The lowest BCUT2D eigenvalue weighted by Crippen LogP contribution is -2.27. The number of nitrogens with zero attached hydrogens (tertiary/aromatic N) is 1. The van der Waals surface area contributed by atoms with Crippen LogP contribution in [0.3, 0.4) is 0 Å². The molecule has 0 radical (unpaired) electrons. The van der Waals surface area contributed by atoms with Crippen LogP contribution >= 0.6 is 11.3 Å². The van der Waals surface area contributed by atoms with E-state index in [4.69, 9.17) is 5.73 Å². The van der Waals surface area contributed by atoms with Crippen LogP contribution in [-0.2, 0) is 11.3 Å². The maximum Gasteiger partial charge on any atom is 0.240 e. The van der Waals surface area contributed by atoms with Gasteiger partial charge >= 0.3 is 0 Å². The first kappa shape index (κ1) is 12.5. The van der Waals surface area contributed by atoms with Gasteiger partial charge in [-0.05, 0) is 5.56 Å². The zero-order chi connectivity index (χ0) is 12.8. The van der Waals surface area contributed by atoms with Crippen molar-refractivity contribution in [1.82, 2.24) is 10.3 Å². The molecule has 1 amide bonds. The van der Waals surface area contributed by atoms with Gasteiger partial charge in [0.2, 0.25) is 5.91 Å². The largest absolute Gasteiger partial charge is 0.383 e. The maximum absolute atomic E-state index is 11.6. The molecule has 2 aromatic rings. The predicted octanol–water partition coefficient (Wildman–Crippen LogP) is 1.45. The average Bonchev–Trinajstić information content (AvgIpc) is 2.76. The SMILES string of the molecule is Nc1csc(NC(=O)CNCc2ccccc2)n1. The second kappa shape index (κ2) is 6.13. The van der Waals surface area contributed by atoms with E-state index in [1.165, 1.54) is 11.3 Å². The van der Waals surface area contributed by atoms with Gasteiger partial charge < -0.3 is 16.4 Å². The first-order chi connectivity index (χ1) is 8.74. The molecule has 6 heteroatoms. The average molecular weight is 262 g/mol. The Kier molecular flexibility index (Phi) is 4.27. The molecule has 0 aliphatic carbocycles. The van der Waals surface area contributed by atoms with Crippen LogP contribution in [0, 0.1) is 0 Å². The highest BCUT2D eigenvalue weighted by molar-refractivity contribution is 7.14. The third-order valence-corrected chi connectivity index (χ3v) is 3.00. The number of amides is 1. The fraction of sp³-hybridized carbons (Fsp3) is 0.167. The van der Waals surface area contributed by atoms with Gasteiger partial charge in [0.25, 0.3) is 0 Å². The number of aromatic nitrogens is 1. The summed E-state index contributed by atoms with van der Waals surface area (Å²) in [7, 11) is 0. The first-order valence-electron chi connectivity index (χ1n) is 5.49. The van der Waals surface area contributed by atoms with E-state index < -0.39 is 0 Å². The van der Waals surface area contributed by atoms with Gasteiger partial charge in [0, 0.05) is 11.9 Å². The molecular formula is C12H14N4OS. The third-order valence-electron chi connectivity index (χ3n) is 2.23. The van der Waals surface area contributed by atoms with Gasteiger partial charge in [-0.1, -0.05) is 30.3 Å². The third kappa shape index (κ3) is 3.83. The van der Waals surface area contributed by atoms with Crippen LogP contribution in [0.1, 0.15) is 5.56 Å². The highest BCUT2D eigenvalue weighted by Gasteiger charge is 2.04. The molecule has 0 unspecified atom stereocenters. The second-order valence-corrected chi connectivity index (χ2v) is 4.57. The predicted molar refractivity (Wildman–Crippen MR) is 73.3 cm³/mol. The van der Waals surface area contributed by atoms with Crippen LogP contribution in [0.25, 0.3) is 0 Å². The van der Waals surface area contributed by atoms with Crippen molar-refractivity contribution < 1.29 is 4.79 Å². The van der Waals surface area contributed by atoms with Crippen LogP contribution in [0.4, 0.5) is 10.9 Å². The summed E-state index contributed by atoms with van der Waals surface area (Å²) in [4.78, 5) is 15.5. The number of thiazole rings is 1. The molecule has 1 aromatic heterocycles. The summed E-state index contributed by atoms with van der Waals surface area (Å²) in [5, 5.41) is 7.95. The van der Waals surface area contributed by atoms with Gasteiger partial charge in [0.15, 0.2) is 5.13 Å². The Hall–Kier alpha value is -1.92. The summed E-state index contributed by atoms with van der Waals surface area (Å²) in [5.41, 5.74) is 6.61. The number of anilines is 2. The van der Waals surface area contributed by atoms with E-state index in [0.29, 0.717) is 17.5 Å². The monoisotopic (exact) mass is 262 g/mol. The van der Waals surface area contributed by atoms with Gasteiger partial charge in [-0.25, -0.2) is 4.98 Å². The minimum atomic E-state index is -0.125. The highest BCUT2D eigenvalue weighted by atomic mass is 32.1. The molecule has 1 heterocycles. The van der Waals surface area contributed by atoms with Crippen molar-refractivity contribution in [2.75, 3.05) is 17.6 Å². The molecule has 0 aliphatic heterocycles. The summed E-state index contributed by atoms with van der Waals surface area (Å²) in [6.45, 7) is 0.905. The smallest absolute Gasteiger partial charge is 0.240 e. The molecule has 1 aromatic carbocycles. The van der Waals surface area contributed by atoms with Crippen LogP contribution in [0.2, 0.25) is 0 Å². The number of hydrogen-bond donors (Lipinski definition) is 3. The number of carbonyl (C=O) groups is 1. The van der Waals surface area contributed by atoms with Crippen molar-refractivity contribution in [3.05, 3.63) is 41.3 Å². The fourth-order valence-corrected chi connectivity index (χ4v) is 2.04. The van der Waals surface area contributed by atoms with Crippen molar-refractivity contribution in [3.8, 4) is 0 Å². The molecule has 0 bridgehead atoms. The summed E-state index contributed by atoms with van der Waals surface area (Å²) in [6.07, 6.45) is 0. The molecular weight excluding hydrogens is 248 g/mol. The second-order valence-electron chi connectivity index (χ2n) is 3.71. The van der Waals surface area contributed by atoms with Gasteiger partial charge in [-0.2, -0.15) is 0 Å². The zero-order valence-corrected chi connectivity index (χ0v) is 10.5. The van der Waals surface area contributed by atoms with Crippen LogP contribution in [0.15, 0.2) is 35.7 Å². The van der Waals surface area contributed by atoms with Gasteiger partial charge in [0.1, 0.15) is 5.82 Å². The molecule has 18 heavy (non-hydrogen) atoms. The normalized spacial score (nSPS) is 10.2. The van der Waals surface area contributed by atoms with E-state index in [9.17, 15) is 4.79 Å². The molecule has 2 rings (SSSR count). The number of hydrogen-bond acceptors (Lipinski definition) is 5. The van der Waals surface area contributed by atoms with E-state index in [2.05, 4.69) is 15.6 Å². The molecule has 5 nitrogen and oxygen atoms in total. The van der Waals surface area contributed by atoms with Gasteiger partial charge in [-0.15, -0.1) is 11.3 Å². The van der Waals surface area contributed by atoms with Gasteiger partial charge in [0.05, 0.1) is 6.54 Å². The molecule has 0 aliphatic rings. The number of carbonyl (C=O) groups excluding carboxylic acids is 1. The maximum atomic E-state index is 11.6. The lowest BCUT2D eigenvalue weighted by molar-refractivity contribution is -0.115. The number of benzene rings is 1. The topological polar surface area (TPSA) is 80.0 Å². The lowest BCUT2D eigenvalue weighted by atomic mass is 10.2. The number of nitrogen functional groups attached to an aromatic ring is 1. The standard InChI is InChI=1S/C12H14N4OS/c13-10-8-18-12(15-10)16-11(17)7-14-6-9-4-2-1-3-5-9/h1-5,8,14H,6-7,13H2,(H,15,16,17). The molecule has 4 N–H and O–H groups in total. The molecule has 0 saturated carbocycles. The minimum Gasteiger partial charge on any atom is -0.383 e. The molecule has 0 saturated heterocycles. The summed E-state index contributed by atoms with van der Waals surface area (Å²) < 4.78 is 0. The zero-order valence-electron chi connectivity index (χ0n) is 9.72. The Bertz CT molecular complexity index is 512. The van der Waals surface area contributed by atoms with Crippen molar-refractivity contribution in [2.45, 2.75) is 6.54 Å². The molecule has 0 spiro atoms. The molecule has 0 atom stereocenters. The lowest BCUT2D eigenvalue weighted by Gasteiger charge is -2.04. The van der Waals surface area contributed by atoms with E-state index in [1.54, 1.807) is 5.38 Å². The van der Waals surface area contributed by atoms with Crippen LogP contribution < -0.4 is 16.4 Å². The summed E-state index contributed by atoms with van der Waals surface area (Å²) in [6, 6.07) is 9.91. The molecule has 0 fully saturated rings. The van der Waals surface area contributed by atoms with Crippen molar-refractivity contribution in [3.63, 3.8) is 0 Å². The highest BCUT2D eigenvalue weighted by Crippen LogP contribution is 2.15. The molecule has 94 valence electrons. The number of nitrogens with one attached hydrogen (secondary N) is 2. The van der Waals surface area contributed by atoms with Crippen LogP contribution in [-0.4, -0.2) is 17.4 Å². The quantitative estimate of drug-likeness (QED) is 0.762. The van der Waals surface area contributed by atoms with Crippen molar-refractivity contribution >= 4 is 28.2 Å². The number of rotatable bonds is 5. The Morgan fingerprint density at radius 2 is 2.11 bits per heavy atom. The Morgan fingerprint density at radius 3 is 2.78 bits per heavy atom. The Balaban J connectivity index is 1.72. The van der Waals surface area contributed by atoms with E-state index in [0.717, 1.165) is 5.56 Å².